The third-order valence-electron chi connectivity index (χ3n) is 4.17. The minimum Gasteiger partial charge on any atom is -0.348 e. The molecule has 106 valence electrons. The van der Waals surface area contributed by atoms with E-state index in [-0.39, 0.29) is 11.8 Å². The van der Waals surface area contributed by atoms with E-state index in [4.69, 9.17) is 5.73 Å². The molecule has 2 atom stereocenters. The molecule has 1 aliphatic rings. The van der Waals surface area contributed by atoms with Crippen molar-refractivity contribution in [3.8, 4) is 0 Å². The van der Waals surface area contributed by atoms with Gasteiger partial charge in [-0.15, -0.1) is 10.2 Å². The summed E-state index contributed by atoms with van der Waals surface area (Å²) in [4.78, 5) is 12.3. The summed E-state index contributed by atoms with van der Waals surface area (Å²) in [6.45, 7) is 4.27. The number of aromatic nitrogens is 3. The van der Waals surface area contributed by atoms with Gasteiger partial charge in [-0.25, -0.2) is 0 Å². The molecule has 2 rings (SSSR count). The van der Waals surface area contributed by atoms with Crippen LogP contribution < -0.4 is 11.1 Å². The number of hydrogen-bond donors (Lipinski definition) is 2. The molecule has 6 nitrogen and oxygen atoms in total. The number of nitrogens with one attached hydrogen (secondary N) is 1. The van der Waals surface area contributed by atoms with Crippen molar-refractivity contribution in [2.24, 2.45) is 18.7 Å². The van der Waals surface area contributed by atoms with Crippen molar-refractivity contribution in [1.29, 1.82) is 0 Å². The molecule has 0 aliphatic heterocycles. The maximum Gasteiger partial charge on any atom is 0.225 e. The van der Waals surface area contributed by atoms with Crippen LogP contribution in [0.3, 0.4) is 0 Å². The Balaban J connectivity index is 1.96. The highest BCUT2D eigenvalue weighted by molar-refractivity contribution is 5.80. The van der Waals surface area contributed by atoms with Crippen molar-refractivity contribution in [2.75, 3.05) is 0 Å². The third-order valence-corrected chi connectivity index (χ3v) is 4.17. The Kier molecular flexibility index (Phi) is 3.89. The van der Waals surface area contributed by atoms with Crippen LogP contribution >= 0.6 is 0 Å². The summed E-state index contributed by atoms with van der Waals surface area (Å²) in [5.41, 5.74) is 5.84. The number of nitrogens with zero attached hydrogens (tertiary/aromatic N) is 3. The van der Waals surface area contributed by atoms with Crippen LogP contribution in [-0.2, 0) is 18.4 Å². The predicted molar refractivity (Wildman–Crippen MR) is 72.1 cm³/mol. The van der Waals surface area contributed by atoms with E-state index in [0.29, 0.717) is 6.54 Å². The number of carbonyl (C=O) groups excluding carboxylic acids is 1. The second kappa shape index (κ2) is 5.28. The maximum absolute atomic E-state index is 12.3. The summed E-state index contributed by atoms with van der Waals surface area (Å²) in [5.74, 6) is 1.53. The molecule has 1 saturated carbocycles. The molecule has 1 fully saturated rings. The first-order valence-corrected chi connectivity index (χ1v) is 6.83. The third kappa shape index (κ3) is 2.94. The molecule has 6 heteroatoms. The van der Waals surface area contributed by atoms with Crippen LogP contribution in [0.25, 0.3) is 0 Å². The number of carbonyl (C=O) groups is 1. The van der Waals surface area contributed by atoms with E-state index in [1.165, 1.54) is 0 Å². The summed E-state index contributed by atoms with van der Waals surface area (Å²) in [6, 6.07) is 0. The Morgan fingerprint density at radius 3 is 2.84 bits per heavy atom. The van der Waals surface area contributed by atoms with Crippen LogP contribution in [0.15, 0.2) is 0 Å². The molecule has 1 aromatic rings. The van der Waals surface area contributed by atoms with Gasteiger partial charge in [-0.05, 0) is 26.7 Å². The van der Waals surface area contributed by atoms with Crippen molar-refractivity contribution in [3.05, 3.63) is 11.6 Å². The van der Waals surface area contributed by atoms with E-state index in [9.17, 15) is 4.79 Å². The largest absolute Gasteiger partial charge is 0.348 e. The number of nitrogens with two attached hydrogens (primary N) is 1. The van der Waals surface area contributed by atoms with Crippen molar-refractivity contribution < 1.29 is 4.79 Å². The molecule has 1 amide bonds. The quantitative estimate of drug-likeness (QED) is 0.840. The minimum atomic E-state index is -0.391. The van der Waals surface area contributed by atoms with E-state index >= 15 is 0 Å². The van der Waals surface area contributed by atoms with Gasteiger partial charge in [-0.3, -0.25) is 4.79 Å². The highest BCUT2D eigenvalue weighted by Gasteiger charge is 2.37. The minimum absolute atomic E-state index is 0.0327. The first-order chi connectivity index (χ1) is 8.92. The lowest BCUT2D eigenvalue weighted by Crippen LogP contribution is -2.52. The predicted octanol–water partition coefficient (Wildman–Crippen LogP) is 0.647. The average Bonchev–Trinajstić information content (AvgIpc) is 2.66. The highest BCUT2D eigenvalue weighted by Crippen LogP contribution is 2.31. The van der Waals surface area contributed by atoms with Crippen molar-refractivity contribution in [3.63, 3.8) is 0 Å². The van der Waals surface area contributed by atoms with Crippen molar-refractivity contribution >= 4 is 5.91 Å². The van der Waals surface area contributed by atoms with Gasteiger partial charge >= 0.3 is 0 Å². The zero-order valence-electron chi connectivity index (χ0n) is 11.9. The van der Waals surface area contributed by atoms with Gasteiger partial charge < -0.3 is 15.6 Å². The van der Waals surface area contributed by atoms with Crippen LogP contribution in [0, 0.1) is 12.8 Å². The number of rotatable bonds is 3. The number of amides is 1. The molecule has 3 N–H and O–H groups in total. The van der Waals surface area contributed by atoms with Crippen molar-refractivity contribution in [2.45, 2.75) is 51.6 Å². The normalized spacial score (nSPS) is 27.3. The Labute approximate surface area is 113 Å². The van der Waals surface area contributed by atoms with E-state index < -0.39 is 5.54 Å². The molecule has 0 bridgehead atoms. The fourth-order valence-corrected chi connectivity index (χ4v) is 2.68. The van der Waals surface area contributed by atoms with E-state index in [0.717, 1.165) is 37.3 Å². The molecule has 0 spiro atoms. The molecule has 19 heavy (non-hydrogen) atoms. The Morgan fingerprint density at radius 1 is 1.53 bits per heavy atom. The smallest absolute Gasteiger partial charge is 0.225 e. The van der Waals surface area contributed by atoms with Gasteiger partial charge in [0.2, 0.25) is 5.91 Å². The standard InChI is InChI=1S/C13H23N5O/c1-9-16-17-11(18(9)3)8-15-12(19)10-6-4-5-7-13(10,2)14/h10H,4-8,14H2,1-3H3,(H,15,19). The molecule has 0 saturated heterocycles. The molecule has 1 heterocycles. The van der Waals surface area contributed by atoms with Gasteiger partial charge in [0.05, 0.1) is 12.5 Å². The van der Waals surface area contributed by atoms with Gasteiger partial charge in [0.25, 0.3) is 0 Å². The lowest BCUT2D eigenvalue weighted by molar-refractivity contribution is -0.128. The second-order valence-corrected chi connectivity index (χ2v) is 5.74. The topological polar surface area (TPSA) is 85.8 Å². The maximum atomic E-state index is 12.3. The summed E-state index contributed by atoms with van der Waals surface area (Å²) in [6.07, 6.45) is 3.97. The molecular weight excluding hydrogens is 242 g/mol. The first-order valence-electron chi connectivity index (χ1n) is 6.83. The molecule has 0 aromatic carbocycles. The Morgan fingerprint density at radius 2 is 2.26 bits per heavy atom. The molecule has 1 aliphatic carbocycles. The highest BCUT2D eigenvalue weighted by atomic mass is 16.1. The molecular formula is C13H23N5O. The number of aryl methyl sites for hydroxylation is 1. The van der Waals surface area contributed by atoms with E-state index in [1.807, 2.05) is 25.5 Å². The van der Waals surface area contributed by atoms with Gasteiger partial charge in [0, 0.05) is 12.6 Å². The second-order valence-electron chi connectivity index (χ2n) is 5.74. The summed E-state index contributed by atoms with van der Waals surface area (Å²) in [7, 11) is 1.89. The Hall–Kier alpha value is -1.43. The van der Waals surface area contributed by atoms with Gasteiger partial charge in [-0.2, -0.15) is 0 Å². The Bertz CT molecular complexity index is 466. The van der Waals surface area contributed by atoms with Crippen LogP contribution in [0.1, 0.15) is 44.3 Å². The zero-order chi connectivity index (χ0) is 14.0. The fraction of sp³-hybridized carbons (Fsp3) is 0.769. The van der Waals surface area contributed by atoms with Crippen LogP contribution in [0.2, 0.25) is 0 Å². The molecule has 1 aromatic heterocycles. The van der Waals surface area contributed by atoms with Crippen LogP contribution in [0.4, 0.5) is 0 Å². The zero-order valence-corrected chi connectivity index (χ0v) is 11.9. The first kappa shape index (κ1) is 14.0. The van der Waals surface area contributed by atoms with Crippen LogP contribution in [0.5, 0.6) is 0 Å². The van der Waals surface area contributed by atoms with Gasteiger partial charge in [0.1, 0.15) is 5.82 Å². The van der Waals surface area contributed by atoms with Gasteiger partial charge in [0.15, 0.2) is 5.82 Å². The van der Waals surface area contributed by atoms with Crippen LogP contribution in [-0.4, -0.2) is 26.2 Å². The van der Waals surface area contributed by atoms with E-state index in [2.05, 4.69) is 15.5 Å². The van der Waals surface area contributed by atoms with Gasteiger partial charge in [-0.1, -0.05) is 12.8 Å². The summed E-state index contributed by atoms with van der Waals surface area (Å²) in [5, 5.41) is 10.9. The average molecular weight is 265 g/mol. The van der Waals surface area contributed by atoms with E-state index in [1.54, 1.807) is 0 Å². The summed E-state index contributed by atoms with van der Waals surface area (Å²) < 4.78 is 1.88. The lowest BCUT2D eigenvalue weighted by Gasteiger charge is -2.37. The SMILES string of the molecule is Cc1nnc(CNC(=O)C2CCCCC2(C)N)n1C. The fourth-order valence-electron chi connectivity index (χ4n) is 2.68. The lowest BCUT2D eigenvalue weighted by atomic mass is 9.74. The molecule has 2 unspecified atom stereocenters. The monoisotopic (exact) mass is 265 g/mol. The van der Waals surface area contributed by atoms with Crippen molar-refractivity contribution in [1.82, 2.24) is 20.1 Å². The summed E-state index contributed by atoms with van der Waals surface area (Å²) >= 11 is 0. The number of hydrogen-bond acceptors (Lipinski definition) is 4. The molecule has 0 radical (unpaired) electrons.